The molecule has 0 aliphatic carbocycles. The van der Waals surface area contributed by atoms with Crippen LogP contribution in [0.4, 0.5) is 13.2 Å². The molecule has 142 valence electrons. The van der Waals surface area contributed by atoms with Crippen LogP contribution >= 0.6 is 0 Å². The number of rotatable bonds is 4. The fourth-order valence-corrected chi connectivity index (χ4v) is 3.11. The Kier molecular flexibility index (Phi) is 4.78. The minimum atomic E-state index is -4.41. The minimum Gasteiger partial charge on any atom is -0.368 e. The number of amides is 1. The van der Waals surface area contributed by atoms with Gasteiger partial charge in [0, 0.05) is 46.3 Å². The average molecular weight is 372 g/mol. The number of halogens is 3. The Hall–Kier alpha value is -2.36. The first-order valence-electron chi connectivity index (χ1n) is 8.10. The summed E-state index contributed by atoms with van der Waals surface area (Å²) in [6, 6.07) is 3.53. The van der Waals surface area contributed by atoms with Gasteiger partial charge in [0.1, 0.15) is 17.7 Å². The molecule has 1 aliphatic heterocycles. The van der Waals surface area contributed by atoms with Crippen molar-refractivity contribution in [3.63, 3.8) is 0 Å². The Morgan fingerprint density at radius 3 is 2.62 bits per heavy atom. The number of carbonyl (C=O) groups excluding carboxylic acids is 1. The highest BCUT2D eigenvalue weighted by Gasteiger charge is 2.43. The van der Waals surface area contributed by atoms with Crippen LogP contribution in [-0.2, 0) is 23.8 Å². The summed E-state index contributed by atoms with van der Waals surface area (Å²) >= 11 is 0. The topological polar surface area (TPSA) is 73.4 Å². The lowest BCUT2D eigenvalue weighted by atomic mass is 9.90. The Morgan fingerprint density at radius 2 is 2.08 bits per heavy atom. The van der Waals surface area contributed by atoms with Crippen LogP contribution in [0.15, 0.2) is 22.9 Å². The Morgan fingerprint density at radius 1 is 1.38 bits per heavy atom. The Bertz CT molecular complexity index is 776. The maximum atomic E-state index is 12.6. The number of carbonyl (C=O) groups is 1. The molecule has 7 nitrogen and oxygen atoms in total. The van der Waals surface area contributed by atoms with E-state index in [1.807, 2.05) is 0 Å². The highest BCUT2D eigenvalue weighted by Crippen LogP contribution is 2.36. The van der Waals surface area contributed by atoms with E-state index < -0.39 is 24.0 Å². The predicted octanol–water partition coefficient (Wildman–Crippen LogP) is 2.29. The second-order valence-corrected chi connectivity index (χ2v) is 6.30. The highest BCUT2D eigenvalue weighted by molar-refractivity contribution is 5.92. The van der Waals surface area contributed by atoms with Crippen LogP contribution in [0.3, 0.4) is 0 Å². The van der Waals surface area contributed by atoms with Gasteiger partial charge in [-0.15, -0.1) is 0 Å². The summed E-state index contributed by atoms with van der Waals surface area (Å²) < 4.78 is 49.7. The lowest BCUT2D eigenvalue weighted by molar-refractivity contribution is -0.128. The first kappa shape index (κ1) is 18.4. The Balaban J connectivity index is 1.71. The molecule has 10 heteroatoms. The number of methoxy groups -OCH3 is 1. The lowest BCUT2D eigenvalue weighted by Crippen LogP contribution is -2.46. The summed E-state index contributed by atoms with van der Waals surface area (Å²) in [5.41, 5.74) is -0.415. The zero-order valence-corrected chi connectivity index (χ0v) is 14.4. The number of nitrogens with zero attached hydrogens (tertiary/aromatic N) is 4. The van der Waals surface area contributed by atoms with E-state index >= 15 is 0 Å². The van der Waals surface area contributed by atoms with E-state index in [0.29, 0.717) is 31.6 Å². The molecule has 0 atom stereocenters. The van der Waals surface area contributed by atoms with Crippen molar-refractivity contribution in [2.24, 2.45) is 7.05 Å². The van der Waals surface area contributed by atoms with E-state index in [2.05, 4.69) is 10.1 Å². The van der Waals surface area contributed by atoms with E-state index in [0.717, 1.165) is 0 Å². The molecule has 0 aromatic carbocycles. The van der Waals surface area contributed by atoms with Gasteiger partial charge >= 0.3 is 6.18 Å². The number of ether oxygens (including phenoxy) is 1. The molecule has 1 amide bonds. The van der Waals surface area contributed by atoms with Crippen LogP contribution in [0.2, 0.25) is 0 Å². The third-order valence-corrected chi connectivity index (χ3v) is 4.63. The number of hydrogen-bond donors (Lipinski definition) is 0. The molecule has 1 aliphatic rings. The molecule has 1 fully saturated rings. The zero-order valence-electron chi connectivity index (χ0n) is 14.4. The minimum absolute atomic E-state index is 0.0187. The third-order valence-electron chi connectivity index (χ3n) is 4.63. The molecule has 0 bridgehead atoms. The Labute approximate surface area is 147 Å². The van der Waals surface area contributed by atoms with Gasteiger partial charge in [0.25, 0.3) is 11.8 Å². The second-order valence-electron chi connectivity index (χ2n) is 6.30. The van der Waals surface area contributed by atoms with Crippen LogP contribution in [0.5, 0.6) is 0 Å². The van der Waals surface area contributed by atoms with Gasteiger partial charge in [0.2, 0.25) is 0 Å². The van der Waals surface area contributed by atoms with Crippen molar-refractivity contribution in [3.8, 4) is 0 Å². The second kappa shape index (κ2) is 6.75. The fourth-order valence-electron chi connectivity index (χ4n) is 3.11. The van der Waals surface area contributed by atoms with Crippen LogP contribution in [0.1, 0.15) is 35.0 Å². The standard InChI is InChI=1S/C16H19F3N4O3/c1-22-7-3-4-11(22)13(24)23-8-5-15(25-2,6-9-23)14-20-12(21-26-14)10-16(17,18)19/h3-4,7H,5-6,8-10H2,1-2H3. The van der Waals surface area contributed by atoms with Crippen LogP contribution in [-0.4, -0.2) is 51.9 Å². The fraction of sp³-hybridized carbons (Fsp3) is 0.562. The molecular formula is C16H19F3N4O3. The number of alkyl halides is 3. The normalized spacial score (nSPS) is 17.5. The summed E-state index contributed by atoms with van der Waals surface area (Å²) in [6.45, 7) is 0.740. The lowest BCUT2D eigenvalue weighted by Gasteiger charge is -2.38. The van der Waals surface area contributed by atoms with E-state index in [4.69, 9.17) is 9.26 Å². The molecule has 2 aromatic heterocycles. The van der Waals surface area contributed by atoms with E-state index in [-0.39, 0.29) is 11.8 Å². The van der Waals surface area contributed by atoms with Crippen molar-refractivity contribution in [1.82, 2.24) is 19.6 Å². The van der Waals surface area contributed by atoms with Gasteiger partial charge in [-0.1, -0.05) is 5.16 Å². The average Bonchev–Trinajstić information content (AvgIpc) is 3.22. The van der Waals surface area contributed by atoms with Crippen molar-refractivity contribution >= 4 is 5.91 Å². The molecule has 0 radical (unpaired) electrons. The van der Waals surface area contributed by atoms with Crippen molar-refractivity contribution in [2.45, 2.75) is 31.0 Å². The van der Waals surface area contributed by atoms with Gasteiger partial charge in [-0.3, -0.25) is 4.79 Å². The van der Waals surface area contributed by atoms with Gasteiger partial charge < -0.3 is 18.7 Å². The number of aromatic nitrogens is 3. The number of aryl methyl sites for hydroxylation is 1. The molecule has 0 saturated carbocycles. The quantitative estimate of drug-likeness (QED) is 0.823. The number of likely N-dealkylation sites (tertiary alicyclic amines) is 1. The molecule has 3 heterocycles. The van der Waals surface area contributed by atoms with Gasteiger partial charge in [0.05, 0.1) is 0 Å². The SMILES string of the molecule is COC1(c2nc(CC(F)(F)F)no2)CCN(C(=O)c2cccn2C)CC1. The maximum absolute atomic E-state index is 12.6. The number of piperidine rings is 1. The first-order chi connectivity index (χ1) is 12.2. The van der Waals surface area contributed by atoms with Crippen LogP contribution in [0, 0.1) is 0 Å². The third kappa shape index (κ3) is 3.59. The monoisotopic (exact) mass is 372 g/mol. The van der Waals surface area contributed by atoms with Crippen molar-refractivity contribution < 1.29 is 27.2 Å². The molecule has 3 rings (SSSR count). The largest absolute Gasteiger partial charge is 0.396 e. The zero-order chi connectivity index (χ0) is 18.9. The number of hydrogen-bond acceptors (Lipinski definition) is 5. The van der Waals surface area contributed by atoms with Crippen LogP contribution < -0.4 is 0 Å². The molecule has 0 spiro atoms. The molecule has 0 unspecified atom stereocenters. The van der Waals surface area contributed by atoms with Gasteiger partial charge in [-0.05, 0) is 12.1 Å². The molecule has 26 heavy (non-hydrogen) atoms. The van der Waals surface area contributed by atoms with Gasteiger partial charge in [0.15, 0.2) is 5.82 Å². The summed E-state index contributed by atoms with van der Waals surface area (Å²) in [6.07, 6.45) is -3.17. The van der Waals surface area contributed by atoms with Crippen LogP contribution in [0.25, 0.3) is 0 Å². The van der Waals surface area contributed by atoms with E-state index in [1.54, 1.807) is 34.8 Å². The molecular weight excluding hydrogens is 353 g/mol. The van der Waals surface area contributed by atoms with Crippen molar-refractivity contribution in [2.75, 3.05) is 20.2 Å². The van der Waals surface area contributed by atoms with Crippen molar-refractivity contribution in [1.29, 1.82) is 0 Å². The first-order valence-corrected chi connectivity index (χ1v) is 8.10. The van der Waals surface area contributed by atoms with E-state index in [9.17, 15) is 18.0 Å². The molecule has 1 saturated heterocycles. The molecule has 2 aromatic rings. The maximum Gasteiger partial charge on any atom is 0.396 e. The summed E-state index contributed by atoms with van der Waals surface area (Å²) in [4.78, 5) is 18.1. The van der Waals surface area contributed by atoms with E-state index in [1.165, 1.54) is 7.11 Å². The summed E-state index contributed by atoms with van der Waals surface area (Å²) in [5, 5.41) is 3.41. The predicted molar refractivity (Wildman–Crippen MR) is 83.3 cm³/mol. The van der Waals surface area contributed by atoms with Crippen molar-refractivity contribution in [3.05, 3.63) is 35.7 Å². The summed E-state index contributed by atoms with van der Waals surface area (Å²) in [7, 11) is 3.24. The van der Waals surface area contributed by atoms with Gasteiger partial charge in [-0.2, -0.15) is 18.2 Å². The highest BCUT2D eigenvalue weighted by atomic mass is 19.4. The smallest absolute Gasteiger partial charge is 0.368 e. The summed E-state index contributed by atoms with van der Waals surface area (Å²) in [5.74, 6) is -0.512. The molecule has 0 N–H and O–H groups in total. The van der Waals surface area contributed by atoms with Gasteiger partial charge in [-0.25, -0.2) is 0 Å².